The minimum atomic E-state index is -4.36. The first-order valence-corrected chi connectivity index (χ1v) is 10.3. The van der Waals surface area contributed by atoms with E-state index >= 15 is 0 Å². The number of benzene rings is 3. The summed E-state index contributed by atoms with van der Waals surface area (Å²) in [4.78, 5) is 0. The lowest BCUT2D eigenvalue weighted by Gasteiger charge is -2.09. The Balaban J connectivity index is 1.40. The van der Waals surface area contributed by atoms with E-state index in [0.29, 0.717) is 17.9 Å². The van der Waals surface area contributed by atoms with Crippen molar-refractivity contribution >= 4 is 5.82 Å². The van der Waals surface area contributed by atoms with Crippen molar-refractivity contribution in [2.75, 3.05) is 11.9 Å². The summed E-state index contributed by atoms with van der Waals surface area (Å²) >= 11 is 0. The van der Waals surface area contributed by atoms with Crippen LogP contribution < -0.4 is 10.1 Å². The summed E-state index contributed by atoms with van der Waals surface area (Å²) < 4.78 is 46.4. The third kappa shape index (κ3) is 3.93. The van der Waals surface area contributed by atoms with Crippen molar-refractivity contribution in [1.29, 1.82) is 0 Å². The third-order valence-electron chi connectivity index (χ3n) is 5.47. The Morgan fingerprint density at radius 1 is 0.906 bits per heavy atom. The maximum atomic E-state index is 12.9. The summed E-state index contributed by atoms with van der Waals surface area (Å²) in [6.07, 6.45) is -3.59. The van der Waals surface area contributed by atoms with Crippen LogP contribution in [0.15, 0.2) is 78.9 Å². The van der Waals surface area contributed by atoms with Gasteiger partial charge in [0.25, 0.3) is 0 Å². The van der Waals surface area contributed by atoms with E-state index in [1.807, 2.05) is 54.6 Å². The normalized spacial score (nSPS) is 13.0. The molecule has 1 aromatic heterocycles. The molecule has 162 valence electrons. The third-order valence-corrected chi connectivity index (χ3v) is 5.47. The molecule has 4 aromatic rings. The number of hydrogen-bond acceptors (Lipinski definition) is 3. The van der Waals surface area contributed by atoms with Crippen molar-refractivity contribution in [2.45, 2.75) is 19.2 Å². The van der Waals surface area contributed by atoms with Crippen molar-refractivity contribution in [1.82, 2.24) is 9.78 Å². The summed E-state index contributed by atoms with van der Waals surface area (Å²) in [5.74, 6) is 1.62. The van der Waals surface area contributed by atoms with Crippen molar-refractivity contribution < 1.29 is 17.9 Å². The van der Waals surface area contributed by atoms with E-state index in [1.165, 1.54) is 12.1 Å². The van der Waals surface area contributed by atoms with Crippen LogP contribution in [0.4, 0.5) is 19.0 Å². The SMILES string of the molecule is FC(F)(F)c1ccc(-c2nn(-c3ccc(OCc4ccccc4)cc3)c3c2CCN3)cc1. The molecule has 0 spiro atoms. The monoisotopic (exact) mass is 435 g/mol. The zero-order valence-electron chi connectivity index (χ0n) is 17.1. The highest BCUT2D eigenvalue weighted by atomic mass is 19.4. The Labute approximate surface area is 183 Å². The number of alkyl halides is 3. The van der Waals surface area contributed by atoms with Gasteiger partial charge in [0.15, 0.2) is 0 Å². The van der Waals surface area contributed by atoms with Gasteiger partial charge < -0.3 is 10.1 Å². The quantitative estimate of drug-likeness (QED) is 0.411. The fourth-order valence-corrected chi connectivity index (χ4v) is 3.83. The molecule has 1 aliphatic rings. The maximum absolute atomic E-state index is 12.9. The molecule has 0 saturated carbocycles. The van der Waals surface area contributed by atoms with Crippen molar-refractivity contribution in [3.8, 4) is 22.7 Å². The van der Waals surface area contributed by atoms with Crippen LogP contribution in [0.5, 0.6) is 5.75 Å². The smallest absolute Gasteiger partial charge is 0.416 e. The van der Waals surface area contributed by atoms with E-state index in [9.17, 15) is 13.2 Å². The molecular formula is C25H20F3N3O. The van der Waals surface area contributed by atoms with Crippen LogP contribution >= 0.6 is 0 Å². The summed E-state index contributed by atoms with van der Waals surface area (Å²) in [7, 11) is 0. The van der Waals surface area contributed by atoms with E-state index in [0.717, 1.165) is 53.5 Å². The standard InChI is InChI=1S/C25H20F3N3O/c26-25(27,28)19-8-6-18(7-9-19)23-22-14-15-29-24(22)31(30-23)20-10-12-21(13-11-20)32-16-17-4-2-1-3-5-17/h1-13,29H,14-16H2. The van der Waals surface area contributed by atoms with Gasteiger partial charge in [-0.05, 0) is 48.4 Å². The molecule has 0 aliphatic carbocycles. The Morgan fingerprint density at radius 2 is 1.62 bits per heavy atom. The lowest BCUT2D eigenvalue weighted by Crippen LogP contribution is -2.05. The molecule has 0 fully saturated rings. The first-order valence-electron chi connectivity index (χ1n) is 10.3. The van der Waals surface area contributed by atoms with E-state index in [2.05, 4.69) is 5.32 Å². The molecule has 0 unspecified atom stereocenters. The summed E-state index contributed by atoms with van der Waals surface area (Å²) in [5, 5.41) is 8.06. The number of hydrogen-bond donors (Lipinski definition) is 1. The van der Waals surface area contributed by atoms with Crippen molar-refractivity contribution in [3.05, 3.63) is 95.6 Å². The van der Waals surface area contributed by atoms with E-state index in [1.54, 1.807) is 4.68 Å². The molecule has 32 heavy (non-hydrogen) atoms. The van der Waals surface area contributed by atoms with Crippen LogP contribution in [0.2, 0.25) is 0 Å². The van der Waals surface area contributed by atoms with E-state index in [4.69, 9.17) is 9.84 Å². The number of nitrogens with zero attached hydrogens (tertiary/aromatic N) is 2. The van der Waals surface area contributed by atoms with Crippen LogP contribution in [-0.2, 0) is 19.2 Å². The predicted molar refractivity (Wildman–Crippen MR) is 117 cm³/mol. The number of aromatic nitrogens is 2. The van der Waals surface area contributed by atoms with Gasteiger partial charge in [0, 0.05) is 17.7 Å². The molecule has 2 heterocycles. The summed E-state index contributed by atoms with van der Waals surface area (Å²) in [5.41, 5.74) is 3.64. The second-order valence-corrected chi connectivity index (χ2v) is 7.61. The molecule has 5 rings (SSSR count). The van der Waals surface area contributed by atoms with Gasteiger partial charge in [-0.15, -0.1) is 0 Å². The van der Waals surface area contributed by atoms with Gasteiger partial charge >= 0.3 is 6.18 Å². The zero-order valence-corrected chi connectivity index (χ0v) is 17.1. The minimum Gasteiger partial charge on any atom is -0.489 e. The lowest BCUT2D eigenvalue weighted by molar-refractivity contribution is -0.137. The molecule has 0 bridgehead atoms. The van der Waals surface area contributed by atoms with Gasteiger partial charge in [-0.25, -0.2) is 4.68 Å². The molecule has 7 heteroatoms. The lowest BCUT2D eigenvalue weighted by atomic mass is 10.0. The van der Waals surface area contributed by atoms with Gasteiger partial charge in [0.2, 0.25) is 0 Å². The number of ether oxygens (including phenoxy) is 1. The number of halogens is 3. The first-order chi connectivity index (χ1) is 15.5. The highest BCUT2D eigenvalue weighted by molar-refractivity contribution is 5.73. The molecule has 0 amide bonds. The molecular weight excluding hydrogens is 415 g/mol. The Bertz CT molecular complexity index is 1210. The Morgan fingerprint density at radius 3 is 2.31 bits per heavy atom. The number of rotatable bonds is 5. The van der Waals surface area contributed by atoms with Gasteiger partial charge in [0.05, 0.1) is 16.9 Å². The predicted octanol–water partition coefficient (Wildman–Crippen LogP) is 6.11. The average molecular weight is 435 g/mol. The number of anilines is 1. The topological polar surface area (TPSA) is 39.1 Å². The first kappa shape index (κ1) is 20.2. The van der Waals surface area contributed by atoms with Crippen LogP contribution in [0.1, 0.15) is 16.7 Å². The summed E-state index contributed by atoms with van der Waals surface area (Å²) in [6, 6.07) is 22.7. The fourth-order valence-electron chi connectivity index (χ4n) is 3.83. The molecule has 0 atom stereocenters. The van der Waals surface area contributed by atoms with Gasteiger partial charge in [0.1, 0.15) is 18.2 Å². The van der Waals surface area contributed by atoms with Gasteiger partial charge in [-0.2, -0.15) is 18.3 Å². The fraction of sp³-hybridized carbons (Fsp3) is 0.160. The van der Waals surface area contributed by atoms with Crippen molar-refractivity contribution in [3.63, 3.8) is 0 Å². The zero-order chi connectivity index (χ0) is 22.1. The van der Waals surface area contributed by atoms with Crippen LogP contribution in [0.3, 0.4) is 0 Å². The molecule has 1 N–H and O–H groups in total. The number of nitrogens with one attached hydrogen (secondary N) is 1. The Hall–Kier alpha value is -3.74. The number of fused-ring (bicyclic) bond motifs is 1. The van der Waals surface area contributed by atoms with Crippen LogP contribution in [0, 0.1) is 0 Å². The highest BCUT2D eigenvalue weighted by Crippen LogP contribution is 2.36. The molecule has 1 aliphatic heterocycles. The minimum absolute atomic E-state index is 0.483. The summed E-state index contributed by atoms with van der Waals surface area (Å²) in [6.45, 7) is 1.25. The van der Waals surface area contributed by atoms with Crippen LogP contribution in [0.25, 0.3) is 16.9 Å². The Kier molecular flexibility index (Phi) is 5.09. The molecule has 0 saturated heterocycles. The maximum Gasteiger partial charge on any atom is 0.416 e. The van der Waals surface area contributed by atoms with Crippen LogP contribution in [-0.4, -0.2) is 16.3 Å². The molecule has 0 radical (unpaired) electrons. The van der Waals surface area contributed by atoms with E-state index in [-0.39, 0.29) is 0 Å². The highest BCUT2D eigenvalue weighted by Gasteiger charge is 2.30. The van der Waals surface area contributed by atoms with Gasteiger partial charge in [-0.1, -0.05) is 42.5 Å². The van der Waals surface area contributed by atoms with Gasteiger partial charge in [-0.3, -0.25) is 0 Å². The van der Waals surface area contributed by atoms with E-state index < -0.39 is 11.7 Å². The second-order valence-electron chi connectivity index (χ2n) is 7.61. The molecule has 4 nitrogen and oxygen atoms in total. The second kappa shape index (κ2) is 8.07. The van der Waals surface area contributed by atoms with Crippen molar-refractivity contribution in [2.24, 2.45) is 0 Å². The average Bonchev–Trinajstić information content (AvgIpc) is 3.41. The largest absolute Gasteiger partial charge is 0.489 e. The molecule has 3 aromatic carbocycles.